The molecule has 0 aliphatic carbocycles. The topological polar surface area (TPSA) is 92.9 Å². The molecule has 0 aromatic carbocycles. The highest BCUT2D eigenvalue weighted by Crippen LogP contribution is 1.95. The molecule has 0 aromatic rings. The lowest BCUT2D eigenvalue weighted by atomic mass is 10.1. The molecule has 0 spiro atoms. The average molecular weight is 127 g/mol. The fourth-order valence-electron chi connectivity index (χ4n) is 0.327. The van der Waals surface area contributed by atoms with E-state index in [0.717, 1.165) is 0 Å². The van der Waals surface area contributed by atoms with Crippen LogP contribution in [0.25, 0.3) is 0 Å². The Morgan fingerprint density at radius 2 is 2.22 bits per heavy atom. The van der Waals surface area contributed by atoms with E-state index in [9.17, 15) is 4.79 Å². The van der Waals surface area contributed by atoms with Gasteiger partial charge in [-0.1, -0.05) is 0 Å². The van der Waals surface area contributed by atoms with Crippen molar-refractivity contribution in [1.29, 1.82) is 5.26 Å². The molecule has 0 saturated carbocycles. The van der Waals surface area contributed by atoms with Crippen molar-refractivity contribution in [3.8, 4) is 6.07 Å². The molecular weight excluding hydrogens is 118 g/mol. The van der Waals surface area contributed by atoms with Gasteiger partial charge in [-0.15, -0.1) is 0 Å². The lowest BCUT2D eigenvalue weighted by Gasteiger charge is -2.06. The lowest BCUT2D eigenvalue weighted by molar-refractivity contribution is -0.119. The average Bonchev–Trinajstić information content (AvgIpc) is 1.84. The Labute approximate surface area is 53.4 Å². The van der Waals surface area contributed by atoms with Gasteiger partial charge in [0.05, 0.1) is 18.0 Å². The van der Waals surface area contributed by atoms with Crippen molar-refractivity contribution < 1.29 is 4.79 Å². The highest BCUT2D eigenvalue weighted by atomic mass is 16.1. The third-order valence-corrected chi connectivity index (χ3v) is 1.07. The van der Waals surface area contributed by atoms with Crippen molar-refractivity contribution in [3.05, 3.63) is 0 Å². The summed E-state index contributed by atoms with van der Waals surface area (Å²) in [5.74, 6) is -1.13. The number of carbonyl (C=O) groups excluding carboxylic acids is 1. The van der Waals surface area contributed by atoms with Crippen molar-refractivity contribution >= 4 is 5.91 Å². The molecule has 9 heavy (non-hydrogen) atoms. The summed E-state index contributed by atoms with van der Waals surface area (Å²) in [4.78, 5) is 10.2. The number of primary amides is 1. The molecule has 2 unspecified atom stereocenters. The predicted molar refractivity (Wildman–Crippen MR) is 31.9 cm³/mol. The molecule has 4 N–H and O–H groups in total. The van der Waals surface area contributed by atoms with Crippen LogP contribution in [0.3, 0.4) is 0 Å². The van der Waals surface area contributed by atoms with Gasteiger partial charge in [0.25, 0.3) is 0 Å². The lowest BCUT2D eigenvalue weighted by Crippen LogP contribution is -2.40. The van der Waals surface area contributed by atoms with E-state index in [1.807, 2.05) is 6.07 Å². The summed E-state index contributed by atoms with van der Waals surface area (Å²) in [6.07, 6.45) is 0. The van der Waals surface area contributed by atoms with Gasteiger partial charge in [0, 0.05) is 0 Å². The molecular formula is C5H9N3O. The van der Waals surface area contributed by atoms with E-state index >= 15 is 0 Å². The molecule has 4 nitrogen and oxygen atoms in total. The minimum atomic E-state index is -0.838. The Kier molecular flexibility index (Phi) is 2.68. The summed E-state index contributed by atoms with van der Waals surface area (Å²) in [7, 11) is 0. The van der Waals surface area contributed by atoms with Gasteiger partial charge in [-0.2, -0.15) is 5.26 Å². The van der Waals surface area contributed by atoms with Crippen molar-refractivity contribution in [2.45, 2.75) is 13.0 Å². The fraction of sp³-hybridized carbons (Fsp3) is 0.600. The summed E-state index contributed by atoms with van der Waals surface area (Å²) < 4.78 is 0. The van der Waals surface area contributed by atoms with Crippen LogP contribution in [0.5, 0.6) is 0 Å². The van der Waals surface area contributed by atoms with Gasteiger partial charge in [-0.25, -0.2) is 0 Å². The molecule has 0 rings (SSSR count). The number of nitrogens with zero attached hydrogens (tertiary/aromatic N) is 1. The number of amides is 1. The standard InChI is InChI=1S/C5H9N3O/c1-3(2-6)4(7)5(8)9/h3-4H,7H2,1H3,(H2,8,9). The van der Waals surface area contributed by atoms with E-state index in [1.165, 1.54) is 0 Å². The van der Waals surface area contributed by atoms with E-state index in [-0.39, 0.29) is 0 Å². The van der Waals surface area contributed by atoms with Crippen LogP contribution < -0.4 is 11.5 Å². The van der Waals surface area contributed by atoms with Crippen LogP contribution >= 0.6 is 0 Å². The van der Waals surface area contributed by atoms with Crippen LogP contribution in [-0.2, 0) is 4.79 Å². The van der Waals surface area contributed by atoms with Crippen LogP contribution in [0.1, 0.15) is 6.92 Å². The van der Waals surface area contributed by atoms with Gasteiger partial charge in [-0.05, 0) is 6.92 Å². The van der Waals surface area contributed by atoms with Crippen LogP contribution in [-0.4, -0.2) is 11.9 Å². The van der Waals surface area contributed by atoms with E-state index in [1.54, 1.807) is 6.92 Å². The second-order valence-electron chi connectivity index (χ2n) is 1.85. The van der Waals surface area contributed by atoms with Crippen LogP contribution in [0.15, 0.2) is 0 Å². The number of hydrogen-bond acceptors (Lipinski definition) is 3. The summed E-state index contributed by atoms with van der Waals surface area (Å²) in [5, 5.41) is 8.22. The number of nitriles is 1. The first-order chi connectivity index (χ1) is 4.09. The van der Waals surface area contributed by atoms with Crippen molar-refractivity contribution in [2.75, 3.05) is 0 Å². The maximum absolute atomic E-state index is 10.2. The van der Waals surface area contributed by atoms with Crippen LogP contribution in [0.2, 0.25) is 0 Å². The Balaban J connectivity index is 3.91. The smallest absolute Gasteiger partial charge is 0.235 e. The molecule has 0 fully saturated rings. The Morgan fingerprint density at radius 1 is 1.78 bits per heavy atom. The van der Waals surface area contributed by atoms with Gasteiger partial charge in [0.2, 0.25) is 5.91 Å². The Morgan fingerprint density at radius 3 is 2.33 bits per heavy atom. The summed E-state index contributed by atoms with van der Waals surface area (Å²) in [5.41, 5.74) is 9.97. The van der Waals surface area contributed by atoms with Crippen molar-refractivity contribution in [3.63, 3.8) is 0 Å². The van der Waals surface area contributed by atoms with E-state index in [0.29, 0.717) is 0 Å². The maximum Gasteiger partial charge on any atom is 0.235 e. The molecule has 50 valence electrons. The second kappa shape index (κ2) is 3.05. The highest BCUT2D eigenvalue weighted by molar-refractivity contribution is 5.80. The molecule has 2 atom stereocenters. The van der Waals surface area contributed by atoms with Crippen molar-refractivity contribution in [2.24, 2.45) is 17.4 Å². The van der Waals surface area contributed by atoms with Crippen LogP contribution in [0, 0.1) is 17.2 Å². The maximum atomic E-state index is 10.2. The van der Waals surface area contributed by atoms with Gasteiger partial charge >= 0.3 is 0 Å². The minimum Gasteiger partial charge on any atom is -0.368 e. The van der Waals surface area contributed by atoms with E-state index in [4.69, 9.17) is 16.7 Å². The van der Waals surface area contributed by atoms with Crippen LogP contribution in [0.4, 0.5) is 0 Å². The highest BCUT2D eigenvalue weighted by Gasteiger charge is 2.16. The third kappa shape index (κ3) is 2.11. The number of hydrogen-bond donors (Lipinski definition) is 2. The van der Waals surface area contributed by atoms with E-state index in [2.05, 4.69) is 0 Å². The number of rotatable bonds is 2. The predicted octanol–water partition coefficient (Wildman–Crippen LogP) is -1.04. The molecule has 0 aromatic heterocycles. The normalized spacial score (nSPS) is 15.7. The summed E-state index contributed by atoms with van der Waals surface area (Å²) in [6.45, 7) is 1.55. The van der Waals surface area contributed by atoms with Gasteiger partial charge < -0.3 is 11.5 Å². The van der Waals surface area contributed by atoms with E-state index < -0.39 is 17.9 Å². The molecule has 0 heterocycles. The Bertz CT molecular complexity index is 149. The minimum absolute atomic E-state index is 0.498. The molecule has 0 radical (unpaired) electrons. The molecule has 0 saturated heterocycles. The molecule has 0 aliphatic rings. The largest absolute Gasteiger partial charge is 0.368 e. The first-order valence-electron chi connectivity index (χ1n) is 2.54. The van der Waals surface area contributed by atoms with Gasteiger partial charge in [-0.3, -0.25) is 4.79 Å². The number of nitrogens with two attached hydrogens (primary N) is 2. The van der Waals surface area contributed by atoms with Gasteiger partial charge in [0.1, 0.15) is 0 Å². The van der Waals surface area contributed by atoms with Crippen molar-refractivity contribution in [1.82, 2.24) is 0 Å². The second-order valence-corrected chi connectivity index (χ2v) is 1.85. The monoisotopic (exact) mass is 127 g/mol. The zero-order valence-corrected chi connectivity index (χ0v) is 5.16. The first kappa shape index (κ1) is 7.92. The SMILES string of the molecule is CC(C#N)C(N)C(N)=O. The molecule has 4 heteroatoms. The molecule has 1 amide bonds. The van der Waals surface area contributed by atoms with Gasteiger partial charge in [0.15, 0.2) is 0 Å². The zero-order chi connectivity index (χ0) is 7.44. The summed E-state index contributed by atoms with van der Waals surface area (Å²) >= 11 is 0. The summed E-state index contributed by atoms with van der Waals surface area (Å²) in [6, 6.07) is 0.982. The first-order valence-corrected chi connectivity index (χ1v) is 2.54. The molecule has 0 bridgehead atoms. The third-order valence-electron chi connectivity index (χ3n) is 1.07. The number of carbonyl (C=O) groups is 1. The fourth-order valence-corrected chi connectivity index (χ4v) is 0.327. The quantitative estimate of drug-likeness (QED) is 0.496. The zero-order valence-electron chi connectivity index (χ0n) is 5.16. The Hall–Kier alpha value is -1.08. The molecule has 0 aliphatic heterocycles.